The summed E-state index contributed by atoms with van der Waals surface area (Å²) in [4.78, 5) is 0. The largest absolute Gasteiger partial charge is 0.522 e. The van der Waals surface area contributed by atoms with Crippen molar-refractivity contribution in [1.29, 1.82) is 0 Å². The van der Waals surface area contributed by atoms with E-state index in [0.717, 1.165) is 5.56 Å². The second kappa shape index (κ2) is 7.20. The maximum absolute atomic E-state index is 12.4. The molecule has 0 unspecified atom stereocenters. The first-order valence-electron chi connectivity index (χ1n) is 8.07. The van der Waals surface area contributed by atoms with Gasteiger partial charge in [0.15, 0.2) is 5.79 Å². The summed E-state index contributed by atoms with van der Waals surface area (Å²) in [6, 6.07) is 9.35. The Balaban J connectivity index is 1.70. The van der Waals surface area contributed by atoms with Gasteiger partial charge in [-0.25, -0.2) is 0 Å². The highest BCUT2D eigenvalue weighted by Gasteiger charge is 2.52. The van der Waals surface area contributed by atoms with E-state index in [-0.39, 0.29) is 13.2 Å². The number of halogens is 3. The SMILES string of the molecule is CC1(C)O[C@H]2[C@H](OCc3ccccc3)[C@@H](COC(F)(F)F)OC[C@H]2O1. The zero-order valence-corrected chi connectivity index (χ0v) is 14.0. The fourth-order valence-corrected chi connectivity index (χ4v) is 3.08. The number of hydrogen-bond acceptors (Lipinski definition) is 5. The molecule has 0 aromatic heterocycles. The van der Waals surface area contributed by atoms with Crippen molar-refractivity contribution in [2.24, 2.45) is 0 Å². The molecule has 8 heteroatoms. The van der Waals surface area contributed by atoms with Crippen LogP contribution >= 0.6 is 0 Å². The van der Waals surface area contributed by atoms with Gasteiger partial charge in [-0.05, 0) is 19.4 Å². The zero-order chi connectivity index (χ0) is 18.1. The molecule has 2 heterocycles. The predicted molar refractivity (Wildman–Crippen MR) is 80.6 cm³/mol. The van der Waals surface area contributed by atoms with Gasteiger partial charge in [-0.3, -0.25) is 4.74 Å². The molecule has 25 heavy (non-hydrogen) atoms. The molecular weight excluding hydrogens is 341 g/mol. The van der Waals surface area contributed by atoms with Gasteiger partial charge in [-0.1, -0.05) is 30.3 Å². The van der Waals surface area contributed by atoms with Gasteiger partial charge >= 0.3 is 6.36 Å². The molecule has 5 nitrogen and oxygen atoms in total. The Morgan fingerprint density at radius 3 is 2.56 bits per heavy atom. The zero-order valence-electron chi connectivity index (χ0n) is 14.0. The number of alkyl halides is 3. The normalized spacial score (nSPS) is 31.7. The van der Waals surface area contributed by atoms with Gasteiger partial charge < -0.3 is 18.9 Å². The Morgan fingerprint density at radius 1 is 1.16 bits per heavy atom. The second-order valence-corrected chi connectivity index (χ2v) is 6.53. The van der Waals surface area contributed by atoms with Crippen LogP contribution in [0.5, 0.6) is 0 Å². The minimum atomic E-state index is -4.73. The average molecular weight is 362 g/mol. The van der Waals surface area contributed by atoms with Crippen molar-refractivity contribution in [3.05, 3.63) is 35.9 Å². The lowest BCUT2D eigenvalue weighted by Crippen LogP contribution is -2.54. The molecule has 2 fully saturated rings. The smallest absolute Gasteiger partial charge is 0.370 e. The Hall–Kier alpha value is -1.19. The van der Waals surface area contributed by atoms with Crippen LogP contribution in [0, 0.1) is 0 Å². The Bertz CT molecular complexity index is 563. The molecule has 2 aliphatic heterocycles. The van der Waals surface area contributed by atoms with Crippen molar-refractivity contribution < 1.29 is 36.9 Å². The maximum Gasteiger partial charge on any atom is 0.522 e. The van der Waals surface area contributed by atoms with Gasteiger partial charge in [0.25, 0.3) is 0 Å². The van der Waals surface area contributed by atoms with Crippen LogP contribution in [-0.4, -0.2) is 49.8 Å². The monoisotopic (exact) mass is 362 g/mol. The number of hydrogen-bond donors (Lipinski definition) is 0. The molecule has 0 radical (unpaired) electrons. The van der Waals surface area contributed by atoms with Crippen molar-refractivity contribution in [3.8, 4) is 0 Å². The molecule has 1 aromatic rings. The lowest BCUT2D eigenvalue weighted by Gasteiger charge is -2.37. The van der Waals surface area contributed by atoms with Gasteiger partial charge in [0.1, 0.15) is 24.4 Å². The first kappa shape index (κ1) is 18.6. The first-order valence-corrected chi connectivity index (χ1v) is 8.07. The van der Waals surface area contributed by atoms with Crippen molar-refractivity contribution in [3.63, 3.8) is 0 Å². The standard InChI is InChI=1S/C17H21F3O5/c1-16(2)24-13-9-21-12(10-23-17(18,19)20)14(15(13)25-16)22-8-11-6-4-3-5-7-11/h3-7,12-15H,8-10H2,1-2H3/t12-,13-,14-,15-/m1/s1. The van der Waals surface area contributed by atoms with E-state index in [4.69, 9.17) is 18.9 Å². The van der Waals surface area contributed by atoms with E-state index < -0.39 is 43.2 Å². The first-order chi connectivity index (χ1) is 11.7. The highest BCUT2D eigenvalue weighted by Crippen LogP contribution is 2.36. The Morgan fingerprint density at radius 2 is 1.88 bits per heavy atom. The fourth-order valence-electron chi connectivity index (χ4n) is 3.08. The quantitative estimate of drug-likeness (QED) is 0.806. The fraction of sp³-hybridized carbons (Fsp3) is 0.647. The molecule has 3 rings (SSSR count). The van der Waals surface area contributed by atoms with Gasteiger partial charge in [0.05, 0.1) is 19.8 Å². The van der Waals surface area contributed by atoms with Crippen LogP contribution in [0.15, 0.2) is 30.3 Å². The molecule has 0 N–H and O–H groups in total. The van der Waals surface area contributed by atoms with E-state index in [9.17, 15) is 13.2 Å². The summed E-state index contributed by atoms with van der Waals surface area (Å²) in [7, 11) is 0. The van der Waals surface area contributed by atoms with E-state index in [1.165, 1.54) is 0 Å². The average Bonchev–Trinajstić information content (AvgIpc) is 2.85. The molecule has 2 aliphatic rings. The predicted octanol–water partition coefficient (Wildman–Crippen LogP) is 3.03. The number of benzene rings is 1. The molecule has 1 aromatic carbocycles. The minimum absolute atomic E-state index is 0.130. The van der Waals surface area contributed by atoms with Crippen molar-refractivity contribution in [1.82, 2.24) is 0 Å². The van der Waals surface area contributed by atoms with E-state index in [2.05, 4.69) is 4.74 Å². The summed E-state index contributed by atoms with van der Waals surface area (Å²) < 4.78 is 64.2. The molecule has 0 aliphatic carbocycles. The molecule has 140 valence electrons. The summed E-state index contributed by atoms with van der Waals surface area (Å²) >= 11 is 0. The van der Waals surface area contributed by atoms with Crippen LogP contribution in [-0.2, 0) is 30.3 Å². The van der Waals surface area contributed by atoms with Gasteiger partial charge in [-0.15, -0.1) is 13.2 Å². The molecular formula is C17H21F3O5. The Labute approximate surface area is 143 Å². The molecule has 0 saturated carbocycles. The summed E-state index contributed by atoms with van der Waals surface area (Å²) in [5, 5.41) is 0. The van der Waals surface area contributed by atoms with Crippen LogP contribution in [0.4, 0.5) is 13.2 Å². The van der Waals surface area contributed by atoms with Crippen LogP contribution in [0.25, 0.3) is 0 Å². The summed E-state index contributed by atoms with van der Waals surface area (Å²) in [5.74, 6) is -0.840. The lowest BCUT2D eigenvalue weighted by atomic mass is 10.00. The van der Waals surface area contributed by atoms with Gasteiger partial charge in [-0.2, -0.15) is 0 Å². The second-order valence-electron chi connectivity index (χ2n) is 6.53. The van der Waals surface area contributed by atoms with Crippen molar-refractivity contribution >= 4 is 0 Å². The van der Waals surface area contributed by atoms with Crippen molar-refractivity contribution in [2.75, 3.05) is 13.2 Å². The van der Waals surface area contributed by atoms with Crippen LogP contribution in [0.1, 0.15) is 19.4 Å². The molecule has 2 saturated heterocycles. The molecule has 0 amide bonds. The van der Waals surface area contributed by atoms with Gasteiger partial charge in [0.2, 0.25) is 0 Å². The number of fused-ring (bicyclic) bond motifs is 1. The van der Waals surface area contributed by atoms with Gasteiger partial charge in [0, 0.05) is 0 Å². The molecule has 0 bridgehead atoms. The number of ether oxygens (including phenoxy) is 5. The maximum atomic E-state index is 12.4. The summed E-state index contributed by atoms with van der Waals surface area (Å²) in [5.41, 5.74) is 0.901. The highest BCUT2D eigenvalue weighted by atomic mass is 19.4. The van der Waals surface area contributed by atoms with E-state index >= 15 is 0 Å². The van der Waals surface area contributed by atoms with Crippen LogP contribution < -0.4 is 0 Å². The third-order valence-electron chi connectivity index (χ3n) is 4.08. The summed E-state index contributed by atoms with van der Waals surface area (Å²) in [6.07, 6.45) is -7.27. The summed E-state index contributed by atoms with van der Waals surface area (Å²) in [6.45, 7) is 3.20. The topological polar surface area (TPSA) is 46.2 Å². The third kappa shape index (κ3) is 4.92. The van der Waals surface area contributed by atoms with Crippen molar-refractivity contribution in [2.45, 2.75) is 57.0 Å². The Kier molecular flexibility index (Phi) is 5.36. The van der Waals surface area contributed by atoms with Crippen LogP contribution in [0.2, 0.25) is 0 Å². The van der Waals surface area contributed by atoms with E-state index in [1.54, 1.807) is 13.8 Å². The minimum Gasteiger partial charge on any atom is -0.370 e. The highest BCUT2D eigenvalue weighted by molar-refractivity contribution is 5.13. The third-order valence-corrected chi connectivity index (χ3v) is 4.08. The molecule has 4 atom stereocenters. The van der Waals surface area contributed by atoms with E-state index in [0.29, 0.717) is 0 Å². The lowest BCUT2D eigenvalue weighted by molar-refractivity contribution is -0.338. The van der Waals surface area contributed by atoms with E-state index in [1.807, 2.05) is 30.3 Å². The number of rotatable bonds is 5. The van der Waals surface area contributed by atoms with Crippen LogP contribution in [0.3, 0.4) is 0 Å². The molecule has 0 spiro atoms.